The van der Waals surface area contributed by atoms with E-state index in [2.05, 4.69) is 4.99 Å². The van der Waals surface area contributed by atoms with Crippen LogP contribution in [-0.2, 0) is 0 Å². The molecule has 0 heterocycles. The first-order valence-corrected chi connectivity index (χ1v) is 3.13. The van der Waals surface area contributed by atoms with Gasteiger partial charge in [-0.1, -0.05) is 13.8 Å². The minimum absolute atomic E-state index is 0.947. The lowest BCUT2D eigenvalue weighted by molar-refractivity contribution is 1.43. The van der Waals surface area contributed by atoms with Gasteiger partial charge in [0.25, 0.3) is 0 Å². The van der Waals surface area contributed by atoms with Gasteiger partial charge in [-0.25, -0.2) is 0 Å². The molecule has 0 aliphatic rings. The number of rotatable bonds is 1. The lowest BCUT2D eigenvalue weighted by Gasteiger charge is -1.80. The van der Waals surface area contributed by atoms with E-state index in [1.807, 2.05) is 20.8 Å². The molecule has 0 bridgehead atoms. The Morgan fingerprint density at radius 1 is 1.44 bits per heavy atom. The van der Waals surface area contributed by atoms with Gasteiger partial charge in [-0.05, 0) is 19.2 Å². The molecule has 0 spiro atoms. The monoisotopic (exact) mass is 128 g/mol. The number of nitrogens with two attached hydrogens (primary N) is 1. The topological polar surface area (TPSA) is 38.4 Å². The Balaban J connectivity index is 0. The number of hydrogen-bond donors (Lipinski definition) is 1. The van der Waals surface area contributed by atoms with E-state index in [1.165, 1.54) is 6.20 Å². The minimum Gasteiger partial charge on any atom is -0.405 e. The van der Waals surface area contributed by atoms with E-state index in [0.717, 1.165) is 5.71 Å². The van der Waals surface area contributed by atoms with Crippen molar-refractivity contribution < 1.29 is 0 Å². The summed E-state index contributed by atoms with van der Waals surface area (Å²) in [6, 6.07) is 0. The molecular formula is C7H16N2. The quantitative estimate of drug-likeness (QED) is 0.535. The van der Waals surface area contributed by atoms with Crippen LogP contribution in [0.3, 0.4) is 0 Å². The van der Waals surface area contributed by atoms with Gasteiger partial charge >= 0.3 is 0 Å². The van der Waals surface area contributed by atoms with Gasteiger partial charge in [0.05, 0.1) is 0 Å². The fourth-order valence-electron chi connectivity index (χ4n) is 0.214. The van der Waals surface area contributed by atoms with Crippen molar-refractivity contribution >= 4 is 5.71 Å². The smallest absolute Gasteiger partial charge is 0.0328 e. The molecule has 0 amide bonds. The molecule has 0 aromatic carbocycles. The molecule has 0 saturated heterocycles. The molecule has 0 atom stereocenters. The predicted molar refractivity (Wildman–Crippen MR) is 43.7 cm³/mol. The van der Waals surface area contributed by atoms with Crippen molar-refractivity contribution in [3.63, 3.8) is 0 Å². The molecule has 0 aliphatic carbocycles. The van der Waals surface area contributed by atoms with Crippen LogP contribution in [0.25, 0.3) is 0 Å². The number of aliphatic imine (C=N–C) groups is 1. The Hall–Kier alpha value is -0.790. The van der Waals surface area contributed by atoms with E-state index in [1.54, 1.807) is 13.1 Å². The Morgan fingerprint density at radius 2 is 1.89 bits per heavy atom. The molecule has 0 saturated carbocycles. The van der Waals surface area contributed by atoms with Gasteiger partial charge in [-0.3, -0.25) is 4.99 Å². The van der Waals surface area contributed by atoms with Gasteiger partial charge in [0.2, 0.25) is 0 Å². The van der Waals surface area contributed by atoms with Crippen LogP contribution in [0.4, 0.5) is 0 Å². The predicted octanol–water partition coefficient (Wildman–Crippen LogP) is 1.58. The van der Waals surface area contributed by atoms with E-state index < -0.39 is 0 Å². The van der Waals surface area contributed by atoms with Crippen LogP contribution in [0.5, 0.6) is 0 Å². The van der Waals surface area contributed by atoms with Crippen molar-refractivity contribution in [1.82, 2.24) is 0 Å². The van der Waals surface area contributed by atoms with Crippen molar-refractivity contribution in [2.24, 2.45) is 10.7 Å². The lowest BCUT2D eigenvalue weighted by Crippen LogP contribution is -1.85. The summed E-state index contributed by atoms with van der Waals surface area (Å²) >= 11 is 0. The largest absolute Gasteiger partial charge is 0.405 e. The maximum Gasteiger partial charge on any atom is 0.0328 e. The van der Waals surface area contributed by atoms with Crippen LogP contribution >= 0.6 is 0 Å². The van der Waals surface area contributed by atoms with Gasteiger partial charge < -0.3 is 5.73 Å². The molecule has 2 nitrogen and oxygen atoms in total. The van der Waals surface area contributed by atoms with Crippen LogP contribution in [0.2, 0.25) is 0 Å². The molecule has 0 fully saturated rings. The zero-order valence-electron chi connectivity index (χ0n) is 6.68. The highest BCUT2D eigenvalue weighted by Crippen LogP contribution is 1.72. The van der Waals surface area contributed by atoms with Gasteiger partial charge in [0, 0.05) is 12.8 Å². The van der Waals surface area contributed by atoms with Crippen molar-refractivity contribution in [2.75, 3.05) is 7.05 Å². The SMILES string of the molecule is CC.CN=C(C)/C=C\N. The van der Waals surface area contributed by atoms with Crippen molar-refractivity contribution in [3.05, 3.63) is 12.3 Å². The molecule has 54 valence electrons. The van der Waals surface area contributed by atoms with Crippen LogP contribution in [0.15, 0.2) is 17.3 Å². The van der Waals surface area contributed by atoms with Crippen LogP contribution in [0.1, 0.15) is 20.8 Å². The maximum atomic E-state index is 5.04. The Bertz CT molecular complexity index is 93.1. The van der Waals surface area contributed by atoms with E-state index in [-0.39, 0.29) is 0 Å². The average Bonchev–Trinajstić information content (AvgIpc) is 1.93. The average molecular weight is 128 g/mol. The fourth-order valence-corrected chi connectivity index (χ4v) is 0.214. The second-order valence-electron chi connectivity index (χ2n) is 1.22. The standard InChI is InChI=1S/C5H10N2.C2H6/c1-5(7-2)3-4-6;1-2/h3-4H,6H2,1-2H3;1-2H3/b4-3-,7-5?;. The molecule has 0 unspecified atom stereocenters. The normalized spacial score (nSPS) is 10.9. The van der Waals surface area contributed by atoms with E-state index in [0.29, 0.717) is 0 Å². The molecule has 0 aromatic heterocycles. The Kier molecular flexibility index (Phi) is 12.6. The second kappa shape index (κ2) is 10.2. The Morgan fingerprint density at radius 3 is 2.00 bits per heavy atom. The third-order valence-corrected chi connectivity index (χ3v) is 0.690. The van der Waals surface area contributed by atoms with Crippen LogP contribution < -0.4 is 5.73 Å². The first kappa shape index (κ1) is 11.1. The Labute approximate surface area is 57.5 Å². The zero-order chi connectivity index (χ0) is 7.70. The summed E-state index contributed by atoms with van der Waals surface area (Å²) in [6.07, 6.45) is 3.22. The zero-order valence-corrected chi connectivity index (χ0v) is 6.68. The van der Waals surface area contributed by atoms with Gasteiger partial charge in [-0.2, -0.15) is 0 Å². The lowest BCUT2D eigenvalue weighted by atomic mass is 10.4. The molecule has 9 heavy (non-hydrogen) atoms. The molecule has 0 aliphatic heterocycles. The molecule has 2 heteroatoms. The van der Waals surface area contributed by atoms with Crippen molar-refractivity contribution in [2.45, 2.75) is 20.8 Å². The van der Waals surface area contributed by atoms with Gasteiger partial charge in [0.15, 0.2) is 0 Å². The van der Waals surface area contributed by atoms with Gasteiger partial charge in [0.1, 0.15) is 0 Å². The fraction of sp³-hybridized carbons (Fsp3) is 0.571. The minimum atomic E-state index is 0.947. The third kappa shape index (κ3) is 11.0. The van der Waals surface area contributed by atoms with Gasteiger partial charge in [-0.15, -0.1) is 0 Å². The highest BCUT2D eigenvalue weighted by molar-refractivity contribution is 5.92. The first-order chi connectivity index (χ1) is 4.31. The summed E-state index contributed by atoms with van der Waals surface area (Å²) in [4.78, 5) is 3.83. The third-order valence-electron chi connectivity index (χ3n) is 0.690. The second-order valence-corrected chi connectivity index (χ2v) is 1.22. The molecule has 2 N–H and O–H groups in total. The van der Waals surface area contributed by atoms with Crippen LogP contribution in [0, 0.1) is 0 Å². The summed E-state index contributed by atoms with van der Waals surface area (Å²) in [6.45, 7) is 5.89. The number of nitrogens with zero attached hydrogens (tertiary/aromatic N) is 1. The molecule has 0 radical (unpaired) electrons. The van der Waals surface area contributed by atoms with Crippen LogP contribution in [-0.4, -0.2) is 12.8 Å². The summed E-state index contributed by atoms with van der Waals surface area (Å²) in [5.74, 6) is 0. The highest BCUT2D eigenvalue weighted by Gasteiger charge is 1.71. The number of hydrogen-bond acceptors (Lipinski definition) is 2. The molecule has 0 rings (SSSR count). The first-order valence-electron chi connectivity index (χ1n) is 3.13. The summed E-state index contributed by atoms with van der Waals surface area (Å²) in [5, 5.41) is 0. The van der Waals surface area contributed by atoms with Crippen molar-refractivity contribution in [3.8, 4) is 0 Å². The molecular weight excluding hydrogens is 112 g/mol. The summed E-state index contributed by atoms with van der Waals surface area (Å²) in [5.41, 5.74) is 5.99. The van der Waals surface area contributed by atoms with E-state index >= 15 is 0 Å². The van der Waals surface area contributed by atoms with E-state index in [9.17, 15) is 0 Å². The number of allylic oxidation sites excluding steroid dienone is 1. The van der Waals surface area contributed by atoms with Crippen molar-refractivity contribution in [1.29, 1.82) is 0 Å². The summed E-state index contributed by atoms with van der Waals surface area (Å²) < 4.78 is 0. The highest BCUT2D eigenvalue weighted by atomic mass is 14.7. The molecule has 0 aromatic rings. The van der Waals surface area contributed by atoms with E-state index in [4.69, 9.17) is 5.73 Å². The maximum absolute atomic E-state index is 5.04. The summed E-state index contributed by atoms with van der Waals surface area (Å²) in [7, 11) is 1.73.